The van der Waals surface area contributed by atoms with Crippen LogP contribution in [0.3, 0.4) is 0 Å². The smallest absolute Gasteiger partial charge is 0.408 e. The first-order valence-corrected chi connectivity index (χ1v) is 19.5. The third kappa shape index (κ3) is 18.5. The number of amides is 5. The molecular weight excluding hydrogens is 723 g/mol. The molecule has 5 atom stereocenters. The van der Waals surface area contributed by atoms with Crippen LogP contribution < -0.4 is 26.6 Å². The van der Waals surface area contributed by atoms with E-state index in [9.17, 15) is 37.5 Å². The van der Waals surface area contributed by atoms with Crippen LogP contribution in [0.2, 0.25) is 0 Å². The van der Waals surface area contributed by atoms with Gasteiger partial charge in [0.2, 0.25) is 23.6 Å². The molecule has 0 saturated carbocycles. The molecule has 17 nitrogen and oxygen atoms in total. The fourth-order valence-electron chi connectivity index (χ4n) is 5.42. The highest BCUT2D eigenvalue weighted by Crippen LogP contribution is 2.14. The maximum Gasteiger partial charge on any atom is 0.408 e. The minimum atomic E-state index is -4.31. The highest BCUT2D eigenvalue weighted by molar-refractivity contribution is 7.85. The largest absolute Gasteiger partial charge is 0.444 e. The molecule has 0 saturated heterocycles. The number of benzene rings is 1. The number of alkyl carbamates (subject to hydrolysis) is 1. The van der Waals surface area contributed by atoms with Gasteiger partial charge in [0.1, 0.15) is 23.7 Å². The number of aromatic nitrogens is 2. The van der Waals surface area contributed by atoms with Crippen molar-refractivity contribution in [1.82, 2.24) is 36.6 Å². The molecule has 0 radical (unpaired) electrons. The summed E-state index contributed by atoms with van der Waals surface area (Å²) in [5.41, 5.74) is 0.423. The number of rotatable bonds is 21. The molecule has 1 aromatic heterocycles. The molecule has 0 aliphatic rings. The van der Waals surface area contributed by atoms with Crippen molar-refractivity contribution in [1.29, 1.82) is 0 Å². The van der Waals surface area contributed by atoms with Crippen LogP contribution in [0.15, 0.2) is 42.9 Å². The summed E-state index contributed by atoms with van der Waals surface area (Å²) in [5.74, 6) is -3.50. The average molecular weight is 780 g/mol. The van der Waals surface area contributed by atoms with Crippen LogP contribution in [0, 0.1) is 11.8 Å². The molecule has 1 aromatic carbocycles. The Morgan fingerprint density at radius 1 is 0.833 bits per heavy atom. The normalized spacial score (nSPS) is 14.6. The number of aliphatic hydroxyl groups excluding tert-OH is 1. The van der Waals surface area contributed by atoms with E-state index in [4.69, 9.17) is 9.29 Å². The van der Waals surface area contributed by atoms with Crippen molar-refractivity contribution in [3.05, 3.63) is 54.1 Å². The second-order valence-corrected chi connectivity index (χ2v) is 16.6. The summed E-state index contributed by atoms with van der Waals surface area (Å²) in [4.78, 5) is 73.4. The lowest BCUT2D eigenvalue weighted by Gasteiger charge is -2.29. The molecule has 1 heterocycles. The lowest BCUT2D eigenvalue weighted by Crippen LogP contribution is -2.58. The van der Waals surface area contributed by atoms with Crippen molar-refractivity contribution in [2.45, 2.75) is 116 Å². The van der Waals surface area contributed by atoms with Gasteiger partial charge in [-0.25, -0.2) is 9.78 Å². The number of nitrogens with one attached hydrogen (secondary N) is 6. The Morgan fingerprint density at radius 2 is 1.44 bits per heavy atom. The molecular formula is C36H57N7O10S. The van der Waals surface area contributed by atoms with E-state index in [0.29, 0.717) is 5.69 Å². The van der Waals surface area contributed by atoms with Crippen molar-refractivity contribution in [2.75, 3.05) is 12.3 Å². The van der Waals surface area contributed by atoms with Gasteiger partial charge in [-0.15, -0.1) is 0 Å². The fraction of sp³-hybridized carbons (Fsp3) is 0.611. The summed E-state index contributed by atoms with van der Waals surface area (Å²) in [5, 5.41) is 24.4. The van der Waals surface area contributed by atoms with Gasteiger partial charge in [-0.3, -0.25) is 23.7 Å². The molecule has 2 aromatic rings. The van der Waals surface area contributed by atoms with Crippen LogP contribution in [-0.4, -0.2) is 106 Å². The third-order valence-electron chi connectivity index (χ3n) is 7.83. The predicted molar refractivity (Wildman–Crippen MR) is 200 cm³/mol. The van der Waals surface area contributed by atoms with Crippen LogP contribution in [-0.2, 0) is 46.9 Å². The number of H-pyrrole nitrogens is 1. The molecule has 0 fully saturated rings. The Kier molecular flexibility index (Phi) is 18.0. The first-order chi connectivity index (χ1) is 25.1. The molecule has 302 valence electrons. The monoisotopic (exact) mass is 779 g/mol. The van der Waals surface area contributed by atoms with E-state index in [0.717, 1.165) is 5.56 Å². The lowest BCUT2D eigenvalue weighted by atomic mass is 9.96. The third-order valence-corrected chi connectivity index (χ3v) is 8.55. The Morgan fingerprint density at radius 3 is 2.00 bits per heavy atom. The number of hydrogen-bond acceptors (Lipinski definition) is 10. The SMILES string of the molecule is CC(C)CC(NC(=O)[C@H](Cc1cnc[nH]1)NC(=O)[C@H](Cc1ccccc1)NC(=O)OC(C)(C)C)C(O)CC(=O)N[C@@H](CC(C)C)C(=O)NCCS(=O)(=O)O. The Bertz CT molecular complexity index is 1610. The van der Waals surface area contributed by atoms with Gasteiger partial charge in [-0.1, -0.05) is 58.0 Å². The van der Waals surface area contributed by atoms with Gasteiger partial charge in [-0.2, -0.15) is 8.42 Å². The second-order valence-electron chi connectivity index (χ2n) is 15.1. The molecule has 2 rings (SSSR count). The number of carbonyl (C=O) groups excluding carboxylic acids is 5. The summed E-state index contributed by atoms with van der Waals surface area (Å²) in [6, 6.07) is 4.61. The summed E-state index contributed by atoms with van der Waals surface area (Å²) in [7, 11) is -4.31. The van der Waals surface area contributed by atoms with Crippen molar-refractivity contribution < 1.29 is 46.8 Å². The Hall–Kier alpha value is -4.55. The molecule has 0 spiro atoms. The highest BCUT2D eigenvalue weighted by Gasteiger charge is 2.33. The van der Waals surface area contributed by atoms with Crippen LogP contribution in [0.1, 0.15) is 79.0 Å². The van der Waals surface area contributed by atoms with Gasteiger partial charge in [-0.05, 0) is 51.0 Å². The zero-order chi connectivity index (χ0) is 40.6. The minimum absolute atomic E-state index is 0.0311. The van der Waals surface area contributed by atoms with Crippen LogP contribution in [0.25, 0.3) is 0 Å². The van der Waals surface area contributed by atoms with Crippen molar-refractivity contribution >= 4 is 39.8 Å². The zero-order valence-corrected chi connectivity index (χ0v) is 32.9. The summed E-state index contributed by atoms with van der Waals surface area (Å²) in [6.07, 6.45) is 0.674. The second kappa shape index (κ2) is 21.4. The van der Waals surface area contributed by atoms with E-state index in [1.54, 1.807) is 45.0 Å². The van der Waals surface area contributed by atoms with E-state index in [-0.39, 0.29) is 44.1 Å². The maximum absolute atomic E-state index is 13.9. The van der Waals surface area contributed by atoms with Crippen LogP contribution in [0.4, 0.5) is 4.79 Å². The van der Waals surface area contributed by atoms with E-state index in [2.05, 4.69) is 36.6 Å². The molecule has 0 aliphatic heterocycles. The van der Waals surface area contributed by atoms with Gasteiger partial charge >= 0.3 is 6.09 Å². The maximum atomic E-state index is 13.9. The van der Waals surface area contributed by atoms with Gasteiger partial charge in [0.05, 0.1) is 30.6 Å². The average Bonchev–Trinajstić information content (AvgIpc) is 3.55. The van der Waals surface area contributed by atoms with Gasteiger partial charge in [0, 0.05) is 31.3 Å². The molecule has 5 amide bonds. The summed E-state index contributed by atoms with van der Waals surface area (Å²) >= 11 is 0. The topological polar surface area (TPSA) is 258 Å². The summed E-state index contributed by atoms with van der Waals surface area (Å²) in [6.45, 7) is 12.1. The first kappa shape index (κ1) is 45.6. The Balaban J connectivity index is 2.26. The quantitative estimate of drug-likeness (QED) is 0.0840. The number of hydrogen-bond donors (Lipinski definition) is 8. The minimum Gasteiger partial charge on any atom is -0.444 e. The van der Waals surface area contributed by atoms with E-state index < -0.39 is 87.9 Å². The molecule has 8 N–H and O–H groups in total. The molecule has 0 bridgehead atoms. The van der Waals surface area contributed by atoms with Crippen molar-refractivity contribution in [2.24, 2.45) is 11.8 Å². The first-order valence-electron chi connectivity index (χ1n) is 17.9. The van der Waals surface area contributed by atoms with Gasteiger partial charge < -0.3 is 41.4 Å². The van der Waals surface area contributed by atoms with Gasteiger partial charge in [0.15, 0.2) is 0 Å². The van der Waals surface area contributed by atoms with Crippen LogP contribution in [0.5, 0.6) is 0 Å². The zero-order valence-electron chi connectivity index (χ0n) is 32.0. The van der Waals surface area contributed by atoms with Crippen molar-refractivity contribution in [3.8, 4) is 0 Å². The standard InChI is InChI=1S/C36H57N7O10S/c1-22(2)15-26(30(44)19-31(45)40-27(16-23(3)4)32(46)38-13-14-54(50,51)52)41-34(48)29(18-25-20-37-21-39-25)42-33(47)28(17-24-11-9-8-10-12-24)43-35(49)53-36(5,6)7/h8-12,20-23,26-30,44H,13-19H2,1-7H3,(H,37,39)(H,38,46)(H,40,45)(H,41,48)(H,42,47)(H,43,49)(H,50,51,52)/t26?,27-,28-,29-,30?/m0/s1. The Labute approximate surface area is 317 Å². The number of imidazole rings is 1. The number of nitrogens with zero attached hydrogens (tertiary/aromatic N) is 1. The van der Waals surface area contributed by atoms with E-state index in [1.807, 2.05) is 33.8 Å². The number of ether oxygens (including phenoxy) is 1. The van der Waals surface area contributed by atoms with E-state index in [1.165, 1.54) is 12.5 Å². The molecule has 0 aliphatic carbocycles. The number of carbonyl (C=O) groups is 5. The lowest BCUT2D eigenvalue weighted by molar-refractivity contribution is -0.132. The van der Waals surface area contributed by atoms with Gasteiger partial charge in [0.25, 0.3) is 10.1 Å². The van der Waals surface area contributed by atoms with Crippen molar-refractivity contribution in [3.63, 3.8) is 0 Å². The molecule has 18 heteroatoms. The highest BCUT2D eigenvalue weighted by atomic mass is 32.2. The number of aliphatic hydroxyl groups is 1. The summed E-state index contributed by atoms with van der Waals surface area (Å²) < 4.78 is 36.5. The predicted octanol–water partition coefficient (Wildman–Crippen LogP) is 1.39. The van der Waals surface area contributed by atoms with Crippen LogP contribution >= 0.6 is 0 Å². The molecule has 54 heavy (non-hydrogen) atoms. The van der Waals surface area contributed by atoms with E-state index >= 15 is 0 Å². The fourth-order valence-corrected chi connectivity index (χ4v) is 5.78. The number of aromatic amines is 1. The molecule has 2 unspecified atom stereocenters.